The molecule has 0 aliphatic heterocycles. The molecule has 0 spiro atoms. The minimum atomic E-state index is -0.0859. The molecule has 1 aromatic heterocycles. The van der Waals surface area contributed by atoms with E-state index in [1.165, 1.54) is 16.6 Å². The first-order chi connectivity index (χ1) is 18.6. The number of rotatable bonds is 15. The van der Waals surface area contributed by atoms with E-state index in [0.29, 0.717) is 18.9 Å². The highest BCUT2D eigenvalue weighted by Crippen LogP contribution is 2.21. The van der Waals surface area contributed by atoms with Crippen molar-refractivity contribution in [3.8, 4) is 11.5 Å². The second-order valence-electron chi connectivity index (χ2n) is 9.76. The molecule has 4 rings (SSSR count). The SMILES string of the molecule is Cc1ccc(C)c(OCCCCn2c(CCCCCNC(=O)COc3ccccc3)nc3ccccc32)c1. The van der Waals surface area contributed by atoms with E-state index in [0.717, 1.165) is 62.2 Å². The molecule has 0 bridgehead atoms. The van der Waals surface area contributed by atoms with Gasteiger partial charge in [-0.2, -0.15) is 0 Å². The molecule has 0 radical (unpaired) electrons. The van der Waals surface area contributed by atoms with Gasteiger partial charge in [0.2, 0.25) is 0 Å². The van der Waals surface area contributed by atoms with E-state index < -0.39 is 0 Å². The third-order valence-corrected chi connectivity index (χ3v) is 6.62. The molecule has 38 heavy (non-hydrogen) atoms. The fourth-order valence-corrected chi connectivity index (χ4v) is 4.51. The zero-order chi connectivity index (χ0) is 26.6. The van der Waals surface area contributed by atoms with Crippen molar-refractivity contribution in [3.63, 3.8) is 0 Å². The summed E-state index contributed by atoms with van der Waals surface area (Å²) >= 11 is 0. The Balaban J connectivity index is 1.18. The average molecular weight is 514 g/mol. The molecule has 1 heterocycles. The molecule has 1 amide bonds. The molecular formula is C32H39N3O3. The van der Waals surface area contributed by atoms with Gasteiger partial charge < -0.3 is 19.4 Å². The second kappa shape index (κ2) is 14.2. The standard InChI is InChI=1S/C32H39N3O3/c1-25-18-19-26(2)30(23-25)37-22-12-11-21-35-29-16-9-8-15-28(29)34-31(35)17-7-4-10-20-33-32(36)24-38-27-13-5-3-6-14-27/h3,5-6,8-9,13-16,18-19,23H,4,7,10-12,17,20-22,24H2,1-2H3,(H,33,36). The predicted octanol–water partition coefficient (Wildman–Crippen LogP) is 6.42. The quantitative estimate of drug-likeness (QED) is 0.186. The van der Waals surface area contributed by atoms with Gasteiger partial charge in [-0.3, -0.25) is 4.79 Å². The molecule has 0 aliphatic rings. The third-order valence-electron chi connectivity index (χ3n) is 6.62. The van der Waals surface area contributed by atoms with Crippen LogP contribution in [0, 0.1) is 13.8 Å². The summed E-state index contributed by atoms with van der Waals surface area (Å²) in [7, 11) is 0. The van der Waals surface area contributed by atoms with Gasteiger partial charge in [-0.15, -0.1) is 0 Å². The highest BCUT2D eigenvalue weighted by atomic mass is 16.5. The number of hydrogen-bond donors (Lipinski definition) is 1. The monoisotopic (exact) mass is 513 g/mol. The Morgan fingerprint density at radius 3 is 2.55 bits per heavy atom. The first-order valence-corrected chi connectivity index (χ1v) is 13.7. The molecule has 1 N–H and O–H groups in total. The molecular weight excluding hydrogens is 474 g/mol. The summed E-state index contributed by atoms with van der Waals surface area (Å²) in [5.41, 5.74) is 4.65. The Morgan fingerprint density at radius 1 is 0.868 bits per heavy atom. The maximum atomic E-state index is 12.0. The van der Waals surface area contributed by atoms with Crippen molar-refractivity contribution < 1.29 is 14.3 Å². The van der Waals surface area contributed by atoms with E-state index >= 15 is 0 Å². The van der Waals surface area contributed by atoms with E-state index in [1.54, 1.807) is 0 Å². The van der Waals surface area contributed by atoms with Crippen LogP contribution >= 0.6 is 0 Å². The number of fused-ring (bicyclic) bond motifs is 1. The van der Waals surface area contributed by atoms with E-state index in [4.69, 9.17) is 14.5 Å². The minimum Gasteiger partial charge on any atom is -0.493 e. The number of carbonyl (C=O) groups is 1. The van der Waals surface area contributed by atoms with Gasteiger partial charge in [0.05, 0.1) is 17.6 Å². The Morgan fingerprint density at radius 2 is 1.68 bits per heavy atom. The maximum Gasteiger partial charge on any atom is 0.257 e. The average Bonchev–Trinajstić information content (AvgIpc) is 3.29. The smallest absolute Gasteiger partial charge is 0.257 e. The lowest BCUT2D eigenvalue weighted by atomic mass is 10.1. The molecule has 0 atom stereocenters. The number of aryl methyl sites for hydroxylation is 4. The molecule has 200 valence electrons. The Labute approximate surface area is 226 Å². The Hall–Kier alpha value is -3.80. The third kappa shape index (κ3) is 8.10. The van der Waals surface area contributed by atoms with Gasteiger partial charge in [0, 0.05) is 19.5 Å². The van der Waals surface area contributed by atoms with Crippen LogP contribution in [0.5, 0.6) is 11.5 Å². The van der Waals surface area contributed by atoms with Crippen LogP contribution in [0.25, 0.3) is 11.0 Å². The fraction of sp³-hybridized carbons (Fsp3) is 0.375. The lowest BCUT2D eigenvalue weighted by Gasteiger charge is -2.12. The van der Waals surface area contributed by atoms with Gasteiger partial charge in [0.15, 0.2) is 6.61 Å². The fourth-order valence-electron chi connectivity index (χ4n) is 4.51. The van der Waals surface area contributed by atoms with Crippen molar-refractivity contribution in [2.75, 3.05) is 19.8 Å². The van der Waals surface area contributed by atoms with Crippen molar-refractivity contribution >= 4 is 16.9 Å². The zero-order valence-electron chi connectivity index (χ0n) is 22.6. The lowest BCUT2D eigenvalue weighted by Crippen LogP contribution is -2.29. The molecule has 6 nitrogen and oxygen atoms in total. The van der Waals surface area contributed by atoms with Gasteiger partial charge in [0.1, 0.15) is 17.3 Å². The molecule has 0 aliphatic carbocycles. The summed E-state index contributed by atoms with van der Waals surface area (Å²) in [6, 6.07) is 24.1. The molecule has 3 aromatic carbocycles. The summed E-state index contributed by atoms with van der Waals surface area (Å²) in [4.78, 5) is 16.9. The Kier molecular flexibility index (Phi) is 10.2. The summed E-state index contributed by atoms with van der Waals surface area (Å²) in [5, 5.41) is 2.95. The number of nitrogens with one attached hydrogen (secondary N) is 1. The first kappa shape index (κ1) is 27.2. The highest BCUT2D eigenvalue weighted by Gasteiger charge is 2.10. The molecule has 6 heteroatoms. The topological polar surface area (TPSA) is 65.4 Å². The number of benzene rings is 3. The number of carbonyl (C=O) groups excluding carboxylic acids is 1. The number of amides is 1. The Bertz CT molecular complexity index is 1300. The number of para-hydroxylation sites is 3. The number of imidazole rings is 1. The van der Waals surface area contributed by atoms with E-state index in [1.807, 2.05) is 36.4 Å². The number of ether oxygens (including phenoxy) is 2. The van der Waals surface area contributed by atoms with E-state index in [9.17, 15) is 4.79 Å². The van der Waals surface area contributed by atoms with Crippen molar-refractivity contribution in [2.24, 2.45) is 0 Å². The van der Waals surface area contributed by atoms with Crippen LogP contribution in [-0.2, 0) is 17.8 Å². The van der Waals surface area contributed by atoms with E-state index in [2.05, 4.69) is 60.1 Å². The largest absolute Gasteiger partial charge is 0.493 e. The number of nitrogens with zero attached hydrogens (tertiary/aromatic N) is 2. The zero-order valence-corrected chi connectivity index (χ0v) is 22.6. The van der Waals surface area contributed by atoms with Crippen molar-refractivity contribution in [1.82, 2.24) is 14.9 Å². The normalized spacial score (nSPS) is 11.0. The van der Waals surface area contributed by atoms with Gasteiger partial charge >= 0.3 is 0 Å². The van der Waals surface area contributed by atoms with Crippen LogP contribution in [0.15, 0.2) is 72.8 Å². The second-order valence-corrected chi connectivity index (χ2v) is 9.76. The highest BCUT2D eigenvalue weighted by molar-refractivity contribution is 5.77. The summed E-state index contributed by atoms with van der Waals surface area (Å²) in [6.07, 6.45) is 5.97. The minimum absolute atomic E-state index is 0.0453. The number of hydrogen-bond acceptors (Lipinski definition) is 4. The van der Waals surface area contributed by atoms with Crippen LogP contribution in [0.2, 0.25) is 0 Å². The molecule has 4 aromatic rings. The summed E-state index contributed by atoms with van der Waals surface area (Å²) in [5.74, 6) is 2.75. The van der Waals surface area contributed by atoms with Crippen LogP contribution in [0.1, 0.15) is 49.1 Å². The van der Waals surface area contributed by atoms with Gasteiger partial charge in [-0.25, -0.2) is 4.98 Å². The van der Waals surface area contributed by atoms with E-state index in [-0.39, 0.29) is 12.5 Å². The molecule has 0 saturated heterocycles. The van der Waals surface area contributed by atoms with Crippen molar-refractivity contribution in [3.05, 3.63) is 89.7 Å². The van der Waals surface area contributed by atoms with Crippen molar-refractivity contribution in [1.29, 1.82) is 0 Å². The van der Waals surface area contributed by atoms with Gasteiger partial charge in [-0.05, 0) is 81.0 Å². The van der Waals surface area contributed by atoms with Crippen molar-refractivity contribution in [2.45, 2.75) is 58.9 Å². The summed E-state index contributed by atoms with van der Waals surface area (Å²) < 4.78 is 13.9. The molecule has 0 saturated carbocycles. The molecule has 0 unspecified atom stereocenters. The lowest BCUT2D eigenvalue weighted by molar-refractivity contribution is -0.123. The molecule has 0 fully saturated rings. The number of aromatic nitrogens is 2. The first-order valence-electron chi connectivity index (χ1n) is 13.7. The maximum absolute atomic E-state index is 12.0. The van der Waals surface area contributed by atoms with Crippen LogP contribution in [-0.4, -0.2) is 35.2 Å². The summed E-state index contributed by atoms with van der Waals surface area (Å²) in [6.45, 7) is 6.54. The predicted molar refractivity (Wildman–Crippen MR) is 153 cm³/mol. The number of unbranched alkanes of at least 4 members (excludes halogenated alkanes) is 3. The van der Waals surface area contributed by atoms with Gasteiger partial charge in [-0.1, -0.05) is 48.9 Å². The van der Waals surface area contributed by atoms with Crippen LogP contribution in [0.4, 0.5) is 0 Å². The van der Waals surface area contributed by atoms with Crippen LogP contribution < -0.4 is 14.8 Å². The van der Waals surface area contributed by atoms with Gasteiger partial charge in [0.25, 0.3) is 5.91 Å². The van der Waals surface area contributed by atoms with Crippen LogP contribution in [0.3, 0.4) is 0 Å².